The molecule has 2 N–H and O–H groups in total. The second-order valence-electron chi connectivity index (χ2n) is 6.91. The van der Waals surface area contributed by atoms with Gasteiger partial charge in [0.1, 0.15) is 5.60 Å². The fourth-order valence-electron chi connectivity index (χ4n) is 2.96. The van der Waals surface area contributed by atoms with Crippen LogP contribution in [0.5, 0.6) is 11.5 Å². The molecule has 148 valence electrons. The van der Waals surface area contributed by atoms with E-state index in [-0.39, 0.29) is 11.4 Å². The van der Waals surface area contributed by atoms with Crippen molar-refractivity contribution in [2.45, 2.75) is 23.8 Å². The van der Waals surface area contributed by atoms with Gasteiger partial charge in [-0.3, -0.25) is 0 Å². The minimum Gasteiger partial charge on any atom is -0.490 e. The van der Waals surface area contributed by atoms with Gasteiger partial charge in [-0.05, 0) is 36.6 Å². The molecule has 2 heterocycles. The quantitative estimate of drug-likeness (QED) is 0.663. The number of benzene rings is 2. The molecule has 3 aromatic rings. The summed E-state index contributed by atoms with van der Waals surface area (Å²) in [5.74, 6) is 0.949. The van der Waals surface area contributed by atoms with Crippen molar-refractivity contribution in [2.75, 3.05) is 19.8 Å². The van der Waals surface area contributed by atoms with Crippen molar-refractivity contribution >= 4 is 31.4 Å². The molecule has 6 nitrogen and oxygen atoms in total. The molecule has 8 heteroatoms. The number of thiophene rings is 1. The molecule has 1 aliphatic rings. The molecule has 0 saturated heterocycles. The number of hydrogen-bond donors (Lipinski definition) is 2. The number of rotatable bonds is 5. The molecule has 0 spiro atoms. The van der Waals surface area contributed by atoms with Crippen LogP contribution in [0.4, 0.5) is 0 Å². The second kappa shape index (κ2) is 7.36. The van der Waals surface area contributed by atoms with Crippen LogP contribution in [0.2, 0.25) is 0 Å². The summed E-state index contributed by atoms with van der Waals surface area (Å²) in [5, 5.41) is 11.9. The normalized spacial score (nSPS) is 16.5. The molecule has 1 aromatic heterocycles. The lowest BCUT2D eigenvalue weighted by Gasteiger charge is -2.22. The van der Waals surface area contributed by atoms with Crippen LogP contribution in [-0.4, -0.2) is 33.3 Å². The summed E-state index contributed by atoms with van der Waals surface area (Å²) in [5.41, 5.74) is -1.33. The zero-order valence-corrected chi connectivity index (χ0v) is 17.0. The van der Waals surface area contributed by atoms with E-state index in [1.807, 2.05) is 30.3 Å². The van der Waals surface area contributed by atoms with Crippen molar-refractivity contribution in [1.29, 1.82) is 0 Å². The molecule has 0 saturated carbocycles. The van der Waals surface area contributed by atoms with Crippen LogP contribution in [0.1, 0.15) is 18.2 Å². The summed E-state index contributed by atoms with van der Waals surface area (Å²) >= 11 is 1.45. The maximum absolute atomic E-state index is 12.7. The van der Waals surface area contributed by atoms with Gasteiger partial charge in [0.15, 0.2) is 11.5 Å². The zero-order valence-electron chi connectivity index (χ0n) is 15.3. The Balaban J connectivity index is 1.53. The summed E-state index contributed by atoms with van der Waals surface area (Å²) in [6.45, 7) is 2.48. The van der Waals surface area contributed by atoms with E-state index in [2.05, 4.69) is 4.72 Å². The summed E-state index contributed by atoms with van der Waals surface area (Å²) in [6, 6.07) is 14.2. The fourth-order valence-corrected chi connectivity index (χ4v) is 5.22. The van der Waals surface area contributed by atoms with Gasteiger partial charge in [-0.2, -0.15) is 0 Å². The Kier molecular flexibility index (Phi) is 5.05. The molecular weight excluding hydrogens is 398 g/mol. The van der Waals surface area contributed by atoms with Gasteiger partial charge in [-0.25, -0.2) is 13.1 Å². The largest absolute Gasteiger partial charge is 0.490 e. The Labute approximate surface area is 167 Å². The van der Waals surface area contributed by atoms with Crippen molar-refractivity contribution in [3.05, 3.63) is 53.4 Å². The summed E-state index contributed by atoms with van der Waals surface area (Å²) in [7, 11) is -3.82. The van der Waals surface area contributed by atoms with Gasteiger partial charge in [0.2, 0.25) is 10.0 Å². The number of sulfonamides is 1. The van der Waals surface area contributed by atoms with Crippen molar-refractivity contribution in [1.82, 2.24) is 4.72 Å². The first-order chi connectivity index (χ1) is 13.4. The standard InChI is InChI=1S/C20H21NO5S2/c1-20(22,19-11-14-5-2-3-6-18(14)27-19)13-21-28(23,24)15-7-8-16-17(12-15)26-10-4-9-25-16/h2-3,5-8,11-12,21-22H,4,9-10,13H2,1H3/t20-/m1/s1. The third kappa shape index (κ3) is 3.86. The molecule has 0 amide bonds. The highest BCUT2D eigenvalue weighted by Crippen LogP contribution is 2.34. The number of aliphatic hydroxyl groups is 1. The third-order valence-electron chi connectivity index (χ3n) is 4.59. The van der Waals surface area contributed by atoms with E-state index >= 15 is 0 Å². The molecule has 1 atom stereocenters. The van der Waals surface area contributed by atoms with Crippen molar-refractivity contribution in [3.8, 4) is 11.5 Å². The number of fused-ring (bicyclic) bond motifs is 2. The lowest BCUT2D eigenvalue weighted by molar-refractivity contribution is 0.0666. The van der Waals surface area contributed by atoms with Crippen molar-refractivity contribution in [2.24, 2.45) is 0 Å². The van der Waals surface area contributed by atoms with Crippen LogP contribution in [0.25, 0.3) is 10.1 Å². The van der Waals surface area contributed by atoms with Crippen LogP contribution < -0.4 is 14.2 Å². The minimum absolute atomic E-state index is 0.0730. The topological polar surface area (TPSA) is 84.9 Å². The molecular formula is C20H21NO5S2. The molecule has 2 aromatic carbocycles. The molecule has 0 unspecified atom stereocenters. The highest BCUT2D eigenvalue weighted by molar-refractivity contribution is 7.89. The third-order valence-corrected chi connectivity index (χ3v) is 7.36. The van der Waals surface area contributed by atoms with Gasteiger partial charge in [-0.15, -0.1) is 11.3 Å². The summed E-state index contributed by atoms with van der Waals surface area (Å²) in [6.07, 6.45) is 0.743. The van der Waals surface area contributed by atoms with Gasteiger partial charge in [-0.1, -0.05) is 18.2 Å². The lowest BCUT2D eigenvalue weighted by atomic mass is 10.1. The molecule has 1 aliphatic heterocycles. The summed E-state index contributed by atoms with van der Waals surface area (Å²) in [4.78, 5) is 0.777. The van der Waals surface area contributed by atoms with Gasteiger partial charge < -0.3 is 14.6 Å². The zero-order chi connectivity index (χ0) is 19.8. The van der Waals surface area contributed by atoms with Crippen LogP contribution in [-0.2, 0) is 15.6 Å². The fraction of sp³-hybridized carbons (Fsp3) is 0.300. The van der Waals surface area contributed by atoms with E-state index in [0.29, 0.717) is 29.6 Å². The average Bonchev–Trinajstić information content (AvgIpc) is 2.99. The monoisotopic (exact) mass is 419 g/mol. The molecule has 0 aliphatic carbocycles. The van der Waals surface area contributed by atoms with Gasteiger partial charge in [0, 0.05) is 28.6 Å². The second-order valence-corrected chi connectivity index (χ2v) is 9.76. The Hall–Kier alpha value is -2.13. The summed E-state index contributed by atoms with van der Waals surface area (Å²) < 4.78 is 40.1. The van der Waals surface area contributed by atoms with Crippen LogP contribution >= 0.6 is 11.3 Å². The maximum Gasteiger partial charge on any atom is 0.240 e. The highest BCUT2D eigenvalue weighted by Gasteiger charge is 2.28. The first kappa shape index (κ1) is 19.2. The van der Waals surface area contributed by atoms with E-state index in [1.54, 1.807) is 13.0 Å². The maximum atomic E-state index is 12.7. The van der Waals surface area contributed by atoms with E-state index in [4.69, 9.17) is 9.47 Å². The highest BCUT2D eigenvalue weighted by atomic mass is 32.2. The van der Waals surface area contributed by atoms with Crippen LogP contribution in [0.15, 0.2) is 53.4 Å². The average molecular weight is 420 g/mol. The Bertz CT molecular complexity index is 1070. The minimum atomic E-state index is -3.82. The lowest BCUT2D eigenvalue weighted by Crippen LogP contribution is -2.38. The molecule has 28 heavy (non-hydrogen) atoms. The van der Waals surface area contributed by atoms with E-state index in [9.17, 15) is 13.5 Å². The molecule has 0 fully saturated rings. The van der Waals surface area contributed by atoms with E-state index in [0.717, 1.165) is 16.5 Å². The number of hydrogen-bond acceptors (Lipinski definition) is 6. The smallest absolute Gasteiger partial charge is 0.240 e. The number of ether oxygens (including phenoxy) is 2. The Morgan fingerprint density at radius 3 is 2.64 bits per heavy atom. The van der Waals surface area contributed by atoms with Crippen molar-refractivity contribution < 1.29 is 23.0 Å². The molecule has 0 radical (unpaired) electrons. The number of nitrogens with one attached hydrogen (secondary N) is 1. The van der Waals surface area contributed by atoms with Crippen LogP contribution in [0, 0.1) is 0 Å². The van der Waals surface area contributed by atoms with Crippen LogP contribution in [0.3, 0.4) is 0 Å². The molecule has 0 bridgehead atoms. The predicted octanol–water partition coefficient (Wildman–Crippen LogP) is 3.25. The van der Waals surface area contributed by atoms with Crippen molar-refractivity contribution in [3.63, 3.8) is 0 Å². The Morgan fingerprint density at radius 1 is 1.11 bits per heavy atom. The van der Waals surface area contributed by atoms with E-state index in [1.165, 1.54) is 23.5 Å². The van der Waals surface area contributed by atoms with Gasteiger partial charge in [0.05, 0.1) is 18.1 Å². The van der Waals surface area contributed by atoms with Gasteiger partial charge in [0.25, 0.3) is 0 Å². The molecule has 4 rings (SSSR count). The first-order valence-electron chi connectivity index (χ1n) is 8.96. The first-order valence-corrected chi connectivity index (χ1v) is 11.3. The van der Waals surface area contributed by atoms with E-state index < -0.39 is 15.6 Å². The SMILES string of the molecule is C[C@@](O)(CNS(=O)(=O)c1ccc2c(c1)OCCCO2)c1cc2ccccc2s1. The predicted molar refractivity (Wildman–Crippen MR) is 109 cm³/mol. The van der Waals surface area contributed by atoms with Gasteiger partial charge >= 0.3 is 0 Å². The Morgan fingerprint density at radius 2 is 1.86 bits per heavy atom.